The Labute approximate surface area is 174 Å². The zero-order valence-corrected chi connectivity index (χ0v) is 17.9. The number of aryl methyl sites for hydroxylation is 1. The van der Waals surface area contributed by atoms with Crippen LogP contribution >= 0.6 is 0 Å². The number of benzene rings is 2. The third-order valence-corrected chi connectivity index (χ3v) is 7.40. The number of nitrogens with zero attached hydrogens (tertiary/aromatic N) is 2. The van der Waals surface area contributed by atoms with Crippen molar-refractivity contribution in [2.45, 2.75) is 32.2 Å². The van der Waals surface area contributed by atoms with Crippen molar-refractivity contribution in [1.29, 1.82) is 0 Å². The second-order valence-electron chi connectivity index (χ2n) is 7.78. The Balaban J connectivity index is 1.53. The van der Waals surface area contributed by atoms with E-state index in [1.165, 1.54) is 4.31 Å². The molecule has 0 saturated carbocycles. The number of hydrogen-bond acceptors (Lipinski definition) is 3. The Morgan fingerprint density at radius 3 is 2.31 bits per heavy atom. The van der Waals surface area contributed by atoms with E-state index < -0.39 is 10.0 Å². The van der Waals surface area contributed by atoms with Crippen molar-refractivity contribution in [2.24, 2.45) is 5.92 Å². The highest BCUT2D eigenvalue weighted by atomic mass is 32.2. The quantitative estimate of drug-likeness (QED) is 0.666. The average Bonchev–Trinajstić information content (AvgIpc) is 2.74. The summed E-state index contributed by atoms with van der Waals surface area (Å²) in [4.78, 5) is 14.6. The van der Waals surface area contributed by atoms with Gasteiger partial charge in [0, 0.05) is 26.7 Å². The molecule has 0 aromatic heterocycles. The van der Waals surface area contributed by atoms with Gasteiger partial charge in [0.1, 0.15) is 0 Å². The van der Waals surface area contributed by atoms with Crippen LogP contribution < -0.4 is 0 Å². The molecule has 1 heterocycles. The zero-order chi connectivity index (χ0) is 20.7. The van der Waals surface area contributed by atoms with Gasteiger partial charge < -0.3 is 4.90 Å². The molecular formula is C23H30N2O3S. The molecule has 5 nitrogen and oxygen atoms in total. The Kier molecular flexibility index (Phi) is 7.45. The molecule has 2 aromatic rings. The Morgan fingerprint density at radius 1 is 1.03 bits per heavy atom. The van der Waals surface area contributed by atoms with Gasteiger partial charge in [0.25, 0.3) is 0 Å². The highest BCUT2D eigenvalue weighted by Crippen LogP contribution is 2.22. The maximum Gasteiger partial charge on any atom is 0.227 e. The zero-order valence-electron chi connectivity index (χ0n) is 17.0. The number of hydrogen-bond donors (Lipinski definition) is 0. The van der Waals surface area contributed by atoms with Gasteiger partial charge in [0.05, 0.1) is 11.7 Å². The largest absolute Gasteiger partial charge is 0.341 e. The van der Waals surface area contributed by atoms with Crippen LogP contribution in [0.5, 0.6) is 0 Å². The molecule has 2 aromatic carbocycles. The summed E-state index contributed by atoms with van der Waals surface area (Å²) >= 11 is 0. The summed E-state index contributed by atoms with van der Waals surface area (Å²) in [5.41, 5.74) is 2.22. The van der Waals surface area contributed by atoms with Gasteiger partial charge in [0.15, 0.2) is 0 Å². The van der Waals surface area contributed by atoms with Crippen LogP contribution in [-0.4, -0.2) is 49.4 Å². The van der Waals surface area contributed by atoms with Crippen molar-refractivity contribution in [2.75, 3.05) is 25.9 Å². The van der Waals surface area contributed by atoms with E-state index in [1.807, 2.05) is 60.7 Å². The number of carbonyl (C=O) groups is 1. The summed E-state index contributed by atoms with van der Waals surface area (Å²) < 4.78 is 27.1. The summed E-state index contributed by atoms with van der Waals surface area (Å²) in [5, 5.41) is 0. The van der Waals surface area contributed by atoms with Crippen molar-refractivity contribution in [3.63, 3.8) is 0 Å². The van der Waals surface area contributed by atoms with Crippen LogP contribution in [0.2, 0.25) is 0 Å². The first-order valence-electron chi connectivity index (χ1n) is 10.3. The van der Waals surface area contributed by atoms with Gasteiger partial charge in [-0.2, -0.15) is 0 Å². The maximum atomic E-state index is 12.9. The van der Waals surface area contributed by atoms with E-state index in [9.17, 15) is 13.2 Å². The van der Waals surface area contributed by atoms with E-state index in [-0.39, 0.29) is 17.6 Å². The molecule has 0 spiro atoms. The van der Waals surface area contributed by atoms with Gasteiger partial charge >= 0.3 is 0 Å². The summed E-state index contributed by atoms with van der Waals surface area (Å²) in [7, 11) is -1.55. The smallest absolute Gasteiger partial charge is 0.227 e. The predicted molar refractivity (Wildman–Crippen MR) is 116 cm³/mol. The van der Waals surface area contributed by atoms with E-state index in [0.29, 0.717) is 26.1 Å². The number of rotatable bonds is 8. The molecule has 1 saturated heterocycles. The molecular weight excluding hydrogens is 384 g/mol. The van der Waals surface area contributed by atoms with Gasteiger partial charge in [0.2, 0.25) is 15.9 Å². The highest BCUT2D eigenvalue weighted by Gasteiger charge is 2.33. The van der Waals surface area contributed by atoms with E-state index in [0.717, 1.165) is 30.4 Å². The van der Waals surface area contributed by atoms with Gasteiger partial charge in [-0.3, -0.25) is 4.79 Å². The van der Waals surface area contributed by atoms with Crippen molar-refractivity contribution < 1.29 is 13.2 Å². The molecule has 3 rings (SSSR count). The SMILES string of the molecule is CN(Cc1ccccc1)C(=O)[C@@H]1CCCN(S(=O)(=O)CCCc2ccccc2)C1. The monoisotopic (exact) mass is 414 g/mol. The number of piperidine rings is 1. The lowest BCUT2D eigenvalue weighted by atomic mass is 9.98. The van der Waals surface area contributed by atoms with E-state index >= 15 is 0 Å². The third kappa shape index (κ3) is 6.15. The van der Waals surface area contributed by atoms with E-state index in [1.54, 1.807) is 11.9 Å². The van der Waals surface area contributed by atoms with Crippen molar-refractivity contribution >= 4 is 15.9 Å². The summed E-state index contributed by atoms with van der Waals surface area (Å²) in [6.45, 7) is 1.35. The molecule has 1 atom stereocenters. The van der Waals surface area contributed by atoms with Crippen LogP contribution in [0.1, 0.15) is 30.4 Å². The number of sulfonamides is 1. The molecule has 0 bridgehead atoms. The van der Waals surface area contributed by atoms with E-state index in [2.05, 4.69) is 0 Å². The molecule has 0 unspecified atom stereocenters. The van der Waals surface area contributed by atoms with Crippen LogP contribution in [0.25, 0.3) is 0 Å². The van der Waals surface area contributed by atoms with Crippen molar-refractivity contribution in [1.82, 2.24) is 9.21 Å². The first kappa shape index (κ1) is 21.5. The maximum absolute atomic E-state index is 12.9. The van der Waals surface area contributed by atoms with Gasteiger partial charge in [-0.05, 0) is 36.8 Å². The molecule has 0 N–H and O–H groups in total. The minimum atomic E-state index is -3.34. The van der Waals surface area contributed by atoms with Crippen LogP contribution in [0.3, 0.4) is 0 Å². The fourth-order valence-electron chi connectivity index (χ4n) is 3.88. The number of amides is 1. The fourth-order valence-corrected chi connectivity index (χ4v) is 5.46. The van der Waals surface area contributed by atoms with Crippen LogP contribution in [0.15, 0.2) is 60.7 Å². The molecule has 0 aliphatic carbocycles. The van der Waals surface area contributed by atoms with Crippen molar-refractivity contribution in [3.8, 4) is 0 Å². The van der Waals surface area contributed by atoms with Crippen molar-refractivity contribution in [3.05, 3.63) is 71.8 Å². The fraction of sp³-hybridized carbons (Fsp3) is 0.435. The first-order valence-corrected chi connectivity index (χ1v) is 11.9. The molecule has 1 amide bonds. The summed E-state index contributed by atoms with van der Waals surface area (Å²) in [6, 6.07) is 19.8. The second-order valence-corrected chi connectivity index (χ2v) is 9.87. The Hall–Kier alpha value is -2.18. The molecule has 29 heavy (non-hydrogen) atoms. The van der Waals surface area contributed by atoms with Gasteiger partial charge in [-0.15, -0.1) is 0 Å². The third-order valence-electron chi connectivity index (χ3n) is 5.48. The first-order chi connectivity index (χ1) is 14.0. The Bertz CT molecular complexity index is 885. The molecule has 156 valence electrons. The van der Waals surface area contributed by atoms with Crippen LogP contribution in [-0.2, 0) is 27.8 Å². The molecule has 1 fully saturated rings. The second kappa shape index (κ2) is 10.0. The van der Waals surface area contributed by atoms with Gasteiger partial charge in [-0.25, -0.2) is 12.7 Å². The molecule has 1 aliphatic heterocycles. The Morgan fingerprint density at radius 2 is 1.66 bits per heavy atom. The lowest BCUT2D eigenvalue weighted by molar-refractivity contribution is -0.135. The molecule has 0 radical (unpaired) electrons. The lowest BCUT2D eigenvalue weighted by Gasteiger charge is -2.33. The number of carbonyl (C=O) groups excluding carboxylic acids is 1. The normalized spacial score (nSPS) is 17.8. The molecule has 6 heteroatoms. The summed E-state index contributed by atoms with van der Waals surface area (Å²) in [6.07, 6.45) is 2.81. The minimum absolute atomic E-state index is 0.0260. The predicted octanol–water partition coefficient (Wildman–Crippen LogP) is 3.32. The standard InChI is InChI=1S/C23H30N2O3S/c1-24(18-21-12-6-3-7-13-21)23(26)22-15-8-16-25(19-22)29(27,28)17-9-14-20-10-4-2-5-11-20/h2-7,10-13,22H,8-9,14-19H2,1H3/t22-/m1/s1. The average molecular weight is 415 g/mol. The minimum Gasteiger partial charge on any atom is -0.341 e. The molecule has 1 aliphatic rings. The van der Waals surface area contributed by atoms with Crippen LogP contribution in [0, 0.1) is 5.92 Å². The van der Waals surface area contributed by atoms with Gasteiger partial charge in [-0.1, -0.05) is 60.7 Å². The topological polar surface area (TPSA) is 57.7 Å². The lowest BCUT2D eigenvalue weighted by Crippen LogP contribution is -2.46. The highest BCUT2D eigenvalue weighted by molar-refractivity contribution is 7.89. The van der Waals surface area contributed by atoms with E-state index in [4.69, 9.17) is 0 Å². The van der Waals surface area contributed by atoms with Crippen LogP contribution in [0.4, 0.5) is 0 Å². The summed E-state index contributed by atoms with van der Waals surface area (Å²) in [5.74, 6) is -0.109.